The summed E-state index contributed by atoms with van der Waals surface area (Å²) in [5.74, 6) is 1.05. The van der Waals surface area contributed by atoms with Crippen molar-refractivity contribution in [2.45, 2.75) is 51.8 Å². The lowest BCUT2D eigenvalue weighted by atomic mass is 9.85. The van der Waals surface area contributed by atoms with Gasteiger partial charge in [-0.1, -0.05) is 0 Å². The van der Waals surface area contributed by atoms with Crippen LogP contribution in [-0.2, 0) is 4.74 Å². The van der Waals surface area contributed by atoms with Crippen molar-refractivity contribution in [3.8, 4) is 11.8 Å². The minimum Gasteiger partial charge on any atom is -0.467 e. The maximum atomic E-state index is 15.6. The van der Waals surface area contributed by atoms with E-state index >= 15 is 4.39 Å². The summed E-state index contributed by atoms with van der Waals surface area (Å²) in [6, 6.07) is 6.26. The van der Waals surface area contributed by atoms with Crippen LogP contribution in [-0.4, -0.2) is 101 Å². The van der Waals surface area contributed by atoms with E-state index < -0.39 is 17.9 Å². The van der Waals surface area contributed by atoms with Gasteiger partial charge in [-0.15, -0.1) is 0 Å². The van der Waals surface area contributed by atoms with Crippen LogP contribution in [0.4, 0.5) is 15.0 Å². The maximum absolute atomic E-state index is 15.6. The fourth-order valence-electron chi connectivity index (χ4n) is 5.33. The minimum absolute atomic E-state index is 0.00775. The number of halogens is 1. The second kappa shape index (κ2) is 10.6. The van der Waals surface area contributed by atoms with Gasteiger partial charge in [-0.05, 0) is 64.4 Å². The van der Waals surface area contributed by atoms with Crippen LogP contribution >= 0.6 is 0 Å². The highest BCUT2D eigenvalue weighted by atomic mass is 19.1. The maximum Gasteiger partial charge on any atom is 0.410 e. The number of hydrogen-bond acceptors (Lipinski definition) is 8. The zero-order valence-corrected chi connectivity index (χ0v) is 23.6. The first-order chi connectivity index (χ1) is 18.5. The number of amides is 1. The average Bonchev–Trinajstić information content (AvgIpc) is 3.30. The largest absolute Gasteiger partial charge is 0.467 e. The third-order valence-electron chi connectivity index (χ3n) is 7.45. The van der Waals surface area contributed by atoms with E-state index in [1.807, 2.05) is 45.9 Å². The van der Waals surface area contributed by atoms with Gasteiger partial charge in [0.25, 0.3) is 0 Å². The highest BCUT2D eigenvalue weighted by Gasteiger charge is 2.35. The number of methoxy groups -OCH3 is 1. The summed E-state index contributed by atoms with van der Waals surface area (Å²) >= 11 is 0. The Morgan fingerprint density at radius 2 is 1.77 bits per heavy atom. The van der Waals surface area contributed by atoms with Gasteiger partial charge < -0.3 is 24.2 Å². The Kier molecular flexibility index (Phi) is 7.37. The summed E-state index contributed by atoms with van der Waals surface area (Å²) in [7, 11) is 3.67. The molecule has 2 saturated heterocycles. The van der Waals surface area contributed by atoms with E-state index in [0.717, 1.165) is 54.0 Å². The number of aryl methyl sites for hydroxylation is 1. The van der Waals surface area contributed by atoms with Crippen molar-refractivity contribution in [3.05, 3.63) is 35.5 Å². The van der Waals surface area contributed by atoms with E-state index in [4.69, 9.17) is 9.47 Å². The quantitative estimate of drug-likeness (QED) is 0.493. The average molecular weight is 540 g/mol. The zero-order valence-electron chi connectivity index (χ0n) is 23.6. The molecule has 0 unspecified atom stereocenters. The molecule has 11 heteroatoms. The molecule has 2 aliphatic rings. The fraction of sp³-hybridized carbons (Fsp3) is 0.571. The number of carbonyl (C=O) groups excluding carboxylic acids is 1. The Hall–Kier alpha value is -3.47. The molecule has 0 N–H and O–H groups in total. The molecule has 2 fully saturated rings. The van der Waals surface area contributed by atoms with Crippen LogP contribution in [0.5, 0.6) is 6.01 Å². The number of aromatic nitrogens is 4. The monoisotopic (exact) mass is 539 g/mol. The normalized spacial score (nSPS) is 20.9. The molecule has 10 nitrogen and oxygen atoms in total. The number of piperazine rings is 1. The van der Waals surface area contributed by atoms with Crippen LogP contribution in [0, 0.1) is 6.92 Å². The van der Waals surface area contributed by atoms with Crippen LogP contribution in [0.15, 0.2) is 24.4 Å². The molecular formula is C28H38FN7O3. The van der Waals surface area contributed by atoms with Crippen molar-refractivity contribution in [2.75, 3.05) is 58.3 Å². The van der Waals surface area contributed by atoms with Crippen molar-refractivity contribution in [1.29, 1.82) is 0 Å². The molecular weight excluding hydrogens is 501 g/mol. The number of likely N-dealkylation sites (N-methyl/N-ethyl adjacent to an activating group) is 1. The number of rotatable bonds is 4. The first-order valence-electron chi connectivity index (χ1n) is 13.5. The highest BCUT2D eigenvalue weighted by molar-refractivity contribution is 5.82. The molecule has 4 heterocycles. The summed E-state index contributed by atoms with van der Waals surface area (Å²) in [5.41, 5.74) is 2.13. The van der Waals surface area contributed by atoms with Crippen molar-refractivity contribution in [2.24, 2.45) is 0 Å². The number of piperidine rings is 1. The molecule has 210 valence electrons. The lowest BCUT2D eigenvalue weighted by molar-refractivity contribution is 0.0111. The SMILES string of the molecule is COc1nc(N2CCN(C)CC2)cc(-n2ncc3cc(C)c([C@H]4CCN(C(=O)OC(C)(C)C)C[C@H]4F)cc32)n1. The lowest BCUT2D eigenvalue weighted by Crippen LogP contribution is -2.46. The van der Waals surface area contributed by atoms with Gasteiger partial charge in [0.15, 0.2) is 5.82 Å². The van der Waals surface area contributed by atoms with Crippen LogP contribution in [0.25, 0.3) is 16.7 Å². The molecule has 39 heavy (non-hydrogen) atoms. The van der Waals surface area contributed by atoms with Crippen LogP contribution in [0.3, 0.4) is 0 Å². The third-order valence-corrected chi connectivity index (χ3v) is 7.45. The first-order valence-corrected chi connectivity index (χ1v) is 13.5. The van der Waals surface area contributed by atoms with Crippen molar-refractivity contribution >= 4 is 22.8 Å². The molecule has 0 aliphatic carbocycles. The Morgan fingerprint density at radius 3 is 2.44 bits per heavy atom. The number of anilines is 1. The second-order valence-corrected chi connectivity index (χ2v) is 11.5. The van der Waals surface area contributed by atoms with Crippen molar-refractivity contribution < 1.29 is 18.7 Å². The van der Waals surface area contributed by atoms with E-state index in [1.165, 1.54) is 4.90 Å². The van der Waals surface area contributed by atoms with Crippen molar-refractivity contribution in [3.63, 3.8) is 0 Å². The van der Waals surface area contributed by atoms with Gasteiger partial charge >= 0.3 is 12.1 Å². The molecule has 1 aromatic carbocycles. The Balaban J connectivity index is 1.44. The molecule has 0 saturated carbocycles. The van der Waals surface area contributed by atoms with E-state index in [1.54, 1.807) is 18.0 Å². The molecule has 2 aromatic heterocycles. The summed E-state index contributed by atoms with van der Waals surface area (Å²) < 4.78 is 28.2. The fourth-order valence-corrected chi connectivity index (χ4v) is 5.33. The van der Waals surface area contributed by atoms with E-state index in [9.17, 15) is 4.79 Å². The molecule has 5 rings (SSSR count). The van der Waals surface area contributed by atoms with Gasteiger partial charge in [0, 0.05) is 50.1 Å². The summed E-state index contributed by atoms with van der Waals surface area (Å²) in [6.07, 6.45) is 0.633. The van der Waals surface area contributed by atoms with Gasteiger partial charge in [-0.3, -0.25) is 0 Å². The number of likely N-dealkylation sites (tertiary alicyclic amines) is 1. The summed E-state index contributed by atoms with van der Waals surface area (Å²) in [4.78, 5) is 27.7. The number of carbonyl (C=O) groups is 1. The van der Waals surface area contributed by atoms with Crippen LogP contribution in [0.2, 0.25) is 0 Å². The van der Waals surface area contributed by atoms with Gasteiger partial charge in [-0.25, -0.2) is 13.9 Å². The smallest absolute Gasteiger partial charge is 0.410 e. The Morgan fingerprint density at radius 1 is 1.05 bits per heavy atom. The number of nitrogens with zero attached hydrogens (tertiary/aromatic N) is 7. The Labute approximate surface area is 228 Å². The number of fused-ring (bicyclic) bond motifs is 1. The van der Waals surface area contributed by atoms with Crippen LogP contribution in [0.1, 0.15) is 44.2 Å². The van der Waals surface area contributed by atoms with Gasteiger partial charge in [0.2, 0.25) is 0 Å². The molecule has 3 aromatic rings. The molecule has 1 amide bonds. The molecule has 0 radical (unpaired) electrons. The standard InChI is InChI=1S/C28H38FN7O3/c1-18-13-19-16-30-36(25-15-24(31-26(32-25)38-6)34-11-9-33(5)10-12-34)23(19)14-21(18)20-7-8-35(17-22(20)29)27(37)39-28(2,3)4/h13-16,20,22H,7-12,17H2,1-6H3/t20-,22-/m1/s1. The number of ether oxygens (including phenoxy) is 2. The van der Waals surface area contributed by atoms with Gasteiger partial charge in [0.05, 0.1) is 25.4 Å². The van der Waals surface area contributed by atoms with Crippen molar-refractivity contribution in [1.82, 2.24) is 29.5 Å². The number of alkyl halides is 1. The van der Waals surface area contributed by atoms with Crippen LogP contribution < -0.4 is 9.64 Å². The Bertz CT molecular complexity index is 1350. The predicted molar refractivity (Wildman–Crippen MR) is 148 cm³/mol. The van der Waals surface area contributed by atoms with Gasteiger partial charge in [0.1, 0.15) is 17.6 Å². The molecule has 0 bridgehead atoms. The summed E-state index contributed by atoms with van der Waals surface area (Å²) in [5, 5.41) is 5.58. The number of hydrogen-bond donors (Lipinski definition) is 0. The molecule has 2 atom stereocenters. The number of benzene rings is 1. The lowest BCUT2D eigenvalue weighted by Gasteiger charge is -2.36. The third kappa shape index (κ3) is 5.78. The molecule has 0 spiro atoms. The first kappa shape index (κ1) is 27.1. The summed E-state index contributed by atoms with van der Waals surface area (Å²) in [6.45, 7) is 11.5. The van der Waals surface area contributed by atoms with E-state index in [-0.39, 0.29) is 18.5 Å². The van der Waals surface area contributed by atoms with E-state index in [0.29, 0.717) is 18.8 Å². The zero-order chi connectivity index (χ0) is 27.9. The minimum atomic E-state index is -1.21. The van der Waals surface area contributed by atoms with E-state index in [2.05, 4.69) is 31.9 Å². The van der Waals surface area contributed by atoms with Gasteiger partial charge in [-0.2, -0.15) is 15.1 Å². The molecule has 2 aliphatic heterocycles. The highest BCUT2D eigenvalue weighted by Crippen LogP contribution is 2.36. The topological polar surface area (TPSA) is 88.9 Å². The second-order valence-electron chi connectivity index (χ2n) is 11.5. The predicted octanol–water partition coefficient (Wildman–Crippen LogP) is 3.95.